The average molecular weight is 161 g/mol. The van der Waals surface area contributed by atoms with Crippen molar-refractivity contribution in [1.82, 2.24) is 9.97 Å². The predicted molar refractivity (Wildman–Crippen MR) is 41.1 cm³/mol. The van der Waals surface area contributed by atoms with Gasteiger partial charge in [-0.2, -0.15) is 0 Å². The number of halogens is 1. The highest BCUT2D eigenvalue weighted by Gasteiger charge is 1.93. The third-order valence-corrected chi connectivity index (χ3v) is 1.74. The van der Waals surface area contributed by atoms with Gasteiger partial charge in [0.15, 0.2) is 0 Å². The third kappa shape index (κ3) is 1.60. The largest absolute Gasteiger partial charge is 0.226 e. The number of hydrogen-bond donors (Lipinski definition) is 0. The molecule has 1 heterocycles. The van der Waals surface area contributed by atoms with Crippen LogP contribution in [0, 0.1) is 6.92 Å². The van der Waals surface area contributed by atoms with Crippen molar-refractivity contribution in [3.8, 4) is 0 Å². The van der Waals surface area contributed by atoms with E-state index < -0.39 is 0 Å². The zero-order chi connectivity index (χ0) is 6.85. The lowest BCUT2D eigenvalue weighted by molar-refractivity contribution is 1.12. The summed E-state index contributed by atoms with van der Waals surface area (Å²) in [5.41, 5.74) is 0.903. The van der Waals surface area contributed by atoms with Gasteiger partial charge >= 0.3 is 0 Å². The molecule has 48 valence electrons. The fourth-order valence-electron chi connectivity index (χ4n) is 0.448. The van der Waals surface area contributed by atoms with Crippen LogP contribution < -0.4 is 5.30 Å². The predicted octanol–water partition coefficient (Wildman–Crippen LogP) is 0.939. The van der Waals surface area contributed by atoms with Crippen LogP contribution in [0.2, 0.25) is 5.28 Å². The van der Waals surface area contributed by atoms with Gasteiger partial charge in [-0.25, -0.2) is 9.97 Å². The topological polar surface area (TPSA) is 25.8 Å². The van der Waals surface area contributed by atoms with Crippen molar-refractivity contribution in [2.24, 2.45) is 0 Å². The standard InChI is InChI=1S/C5H6ClN2P/c1-3-4(9)2-7-5(6)8-3/h2H,9H2,1H3. The Morgan fingerprint density at radius 1 is 1.67 bits per heavy atom. The van der Waals surface area contributed by atoms with E-state index in [1.807, 2.05) is 6.92 Å². The first-order valence-corrected chi connectivity index (χ1v) is 3.40. The second kappa shape index (κ2) is 2.59. The Labute approximate surface area is 60.9 Å². The molecular formula is C5H6ClN2P. The lowest BCUT2D eigenvalue weighted by Gasteiger charge is -1.94. The van der Waals surface area contributed by atoms with Crippen LogP contribution >= 0.6 is 20.8 Å². The van der Waals surface area contributed by atoms with Gasteiger partial charge < -0.3 is 0 Å². The molecule has 0 aliphatic carbocycles. The molecule has 2 nitrogen and oxygen atoms in total. The normalized spacial score (nSPS) is 9.67. The van der Waals surface area contributed by atoms with E-state index in [1.165, 1.54) is 0 Å². The number of aromatic nitrogens is 2. The van der Waals surface area contributed by atoms with Crippen LogP contribution in [0.4, 0.5) is 0 Å². The van der Waals surface area contributed by atoms with E-state index in [4.69, 9.17) is 11.6 Å². The van der Waals surface area contributed by atoms with E-state index >= 15 is 0 Å². The molecule has 0 bridgehead atoms. The molecule has 0 aromatic carbocycles. The van der Waals surface area contributed by atoms with Crippen LogP contribution in [0.3, 0.4) is 0 Å². The molecule has 4 heteroatoms. The van der Waals surface area contributed by atoms with Crippen molar-refractivity contribution in [3.05, 3.63) is 17.2 Å². The van der Waals surface area contributed by atoms with Crippen LogP contribution in [0.5, 0.6) is 0 Å². The third-order valence-electron chi connectivity index (χ3n) is 0.988. The maximum atomic E-state index is 5.49. The Hall–Kier alpha value is -0.200. The van der Waals surface area contributed by atoms with Crippen molar-refractivity contribution < 1.29 is 0 Å². The summed E-state index contributed by atoms with van der Waals surface area (Å²) in [6.45, 7) is 1.88. The molecule has 0 saturated carbocycles. The molecular weight excluding hydrogens is 154 g/mol. The van der Waals surface area contributed by atoms with E-state index in [0.29, 0.717) is 5.28 Å². The molecule has 1 unspecified atom stereocenters. The molecule has 1 aromatic heterocycles. The highest BCUT2D eigenvalue weighted by Crippen LogP contribution is 1.99. The van der Waals surface area contributed by atoms with Gasteiger partial charge in [-0.15, -0.1) is 9.24 Å². The second-order valence-electron chi connectivity index (χ2n) is 1.68. The van der Waals surface area contributed by atoms with Gasteiger partial charge in [0.25, 0.3) is 0 Å². The highest BCUT2D eigenvalue weighted by atomic mass is 35.5. The lowest BCUT2D eigenvalue weighted by atomic mass is 10.5. The van der Waals surface area contributed by atoms with E-state index in [2.05, 4.69) is 19.2 Å². The van der Waals surface area contributed by atoms with Gasteiger partial charge in [-0.3, -0.25) is 0 Å². The van der Waals surface area contributed by atoms with E-state index in [9.17, 15) is 0 Å². The van der Waals surface area contributed by atoms with Crippen LogP contribution in [0.25, 0.3) is 0 Å². The van der Waals surface area contributed by atoms with Crippen molar-refractivity contribution in [2.45, 2.75) is 6.92 Å². The molecule has 0 aliphatic heterocycles. The summed E-state index contributed by atoms with van der Waals surface area (Å²) >= 11 is 5.49. The molecule has 1 rings (SSSR count). The van der Waals surface area contributed by atoms with E-state index in [1.54, 1.807) is 6.20 Å². The number of aryl methyl sites for hydroxylation is 1. The number of hydrogen-bond acceptors (Lipinski definition) is 2. The summed E-state index contributed by atoms with van der Waals surface area (Å²) in [7, 11) is 2.53. The second-order valence-corrected chi connectivity index (χ2v) is 2.64. The van der Waals surface area contributed by atoms with Crippen LogP contribution in [-0.4, -0.2) is 9.97 Å². The average Bonchev–Trinajstić information content (AvgIpc) is 1.80. The smallest absolute Gasteiger partial charge is 0.222 e. The van der Waals surface area contributed by atoms with Crippen molar-refractivity contribution in [3.63, 3.8) is 0 Å². The van der Waals surface area contributed by atoms with Gasteiger partial charge in [0.05, 0.1) is 0 Å². The van der Waals surface area contributed by atoms with Gasteiger partial charge in [0.2, 0.25) is 5.28 Å². The molecule has 1 atom stereocenters. The number of nitrogens with zero attached hydrogens (tertiary/aromatic N) is 2. The maximum Gasteiger partial charge on any atom is 0.222 e. The summed E-state index contributed by atoms with van der Waals surface area (Å²) in [6, 6.07) is 0. The fourth-order valence-corrected chi connectivity index (χ4v) is 0.763. The molecule has 0 fully saturated rings. The minimum absolute atomic E-state index is 0.304. The summed E-state index contributed by atoms with van der Waals surface area (Å²) < 4.78 is 0. The van der Waals surface area contributed by atoms with Gasteiger partial charge in [-0.1, -0.05) is 0 Å². The molecule has 1 aromatic rings. The summed E-state index contributed by atoms with van der Waals surface area (Å²) in [4.78, 5) is 7.68. The Morgan fingerprint density at radius 2 is 2.33 bits per heavy atom. The Morgan fingerprint density at radius 3 is 2.78 bits per heavy atom. The lowest BCUT2D eigenvalue weighted by Crippen LogP contribution is -2.01. The molecule has 0 aliphatic rings. The fraction of sp³-hybridized carbons (Fsp3) is 0.200. The van der Waals surface area contributed by atoms with Crippen LogP contribution in [0.15, 0.2) is 6.20 Å². The van der Waals surface area contributed by atoms with Gasteiger partial charge in [-0.05, 0) is 18.5 Å². The van der Waals surface area contributed by atoms with E-state index in [0.717, 1.165) is 11.0 Å². The van der Waals surface area contributed by atoms with Crippen molar-refractivity contribution in [1.29, 1.82) is 0 Å². The molecule has 0 saturated heterocycles. The van der Waals surface area contributed by atoms with Gasteiger partial charge in [0, 0.05) is 17.2 Å². The molecule has 0 spiro atoms. The van der Waals surface area contributed by atoms with E-state index in [-0.39, 0.29) is 0 Å². The van der Waals surface area contributed by atoms with Gasteiger partial charge in [0.1, 0.15) is 0 Å². The Balaban J connectivity index is 3.17. The number of rotatable bonds is 0. The Kier molecular flexibility index (Phi) is 1.99. The molecule has 0 amide bonds. The molecule has 0 radical (unpaired) electrons. The minimum atomic E-state index is 0.304. The van der Waals surface area contributed by atoms with Crippen LogP contribution in [-0.2, 0) is 0 Å². The highest BCUT2D eigenvalue weighted by molar-refractivity contribution is 7.27. The first-order valence-electron chi connectivity index (χ1n) is 2.45. The van der Waals surface area contributed by atoms with Crippen molar-refractivity contribution >= 4 is 26.1 Å². The minimum Gasteiger partial charge on any atom is -0.226 e. The van der Waals surface area contributed by atoms with Crippen LogP contribution in [0.1, 0.15) is 5.69 Å². The molecule has 0 N–H and O–H groups in total. The maximum absolute atomic E-state index is 5.49. The zero-order valence-corrected chi connectivity index (χ0v) is 6.84. The summed E-state index contributed by atoms with van der Waals surface area (Å²) in [6.07, 6.45) is 1.68. The monoisotopic (exact) mass is 160 g/mol. The first kappa shape index (κ1) is 6.91. The van der Waals surface area contributed by atoms with Crippen molar-refractivity contribution in [2.75, 3.05) is 0 Å². The summed E-state index contributed by atoms with van der Waals surface area (Å²) in [5.74, 6) is 0. The Bertz CT molecular complexity index is 226. The quantitative estimate of drug-likeness (QED) is 0.417. The summed E-state index contributed by atoms with van der Waals surface area (Å²) in [5, 5.41) is 1.29. The first-order chi connectivity index (χ1) is 4.20. The molecule has 9 heavy (non-hydrogen) atoms. The SMILES string of the molecule is Cc1nc(Cl)ncc1P. The zero-order valence-electron chi connectivity index (χ0n) is 4.93.